The van der Waals surface area contributed by atoms with Crippen LogP contribution in [0.3, 0.4) is 0 Å². The van der Waals surface area contributed by atoms with Crippen molar-refractivity contribution in [2.24, 2.45) is 0 Å². The molecule has 0 spiro atoms. The molecule has 1 aromatic rings. The molecular formula is C12H13ClN2O5. The Kier molecular flexibility index (Phi) is 5.45. The zero-order valence-electron chi connectivity index (χ0n) is 11.0. The number of amides is 1. The summed E-state index contributed by atoms with van der Waals surface area (Å²) in [7, 11) is 1.39. The van der Waals surface area contributed by atoms with E-state index >= 15 is 0 Å². The van der Waals surface area contributed by atoms with Gasteiger partial charge in [-0.15, -0.1) is 0 Å². The predicted octanol–water partition coefficient (Wildman–Crippen LogP) is 1.88. The van der Waals surface area contributed by atoms with Crippen molar-refractivity contribution < 1.29 is 19.2 Å². The molecule has 108 valence electrons. The summed E-state index contributed by atoms with van der Waals surface area (Å²) in [6, 6.07) is 3.55. The Morgan fingerprint density at radius 3 is 2.60 bits per heavy atom. The van der Waals surface area contributed by atoms with Crippen LogP contribution in [-0.4, -0.2) is 41.9 Å². The number of non-ortho nitro benzene ring substituents is 1. The summed E-state index contributed by atoms with van der Waals surface area (Å²) in [5.41, 5.74) is -0.249. The van der Waals surface area contributed by atoms with Gasteiger partial charge in [0.25, 0.3) is 11.6 Å². The zero-order valence-corrected chi connectivity index (χ0v) is 11.7. The lowest BCUT2D eigenvalue weighted by atomic mass is 10.2. The molecule has 0 bridgehead atoms. The van der Waals surface area contributed by atoms with Crippen molar-refractivity contribution in [2.75, 3.05) is 20.2 Å². The van der Waals surface area contributed by atoms with Crippen LogP contribution in [0.2, 0.25) is 5.02 Å². The first-order valence-corrected chi connectivity index (χ1v) is 6.09. The van der Waals surface area contributed by atoms with Crippen LogP contribution < -0.4 is 0 Å². The average Bonchev–Trinajstić information content (AvgIpc) is 2.37. The summed E-state index contributed by atoms with van der Waals surface area (Å²) < 4.78 is 4.72. The van der Waals surface area contributed by atoms with Crippen molar-refractivity contribution in [1.29, 1.82) is 0 Å². The van der Waals surface area contributed by atoms with E-state index in [1.54, 1.807) is 6.92 Å². The van der Waals surface area contributed by atoms with E-state index in [1.165, 1.54) is 13.1 Å². The molecule has 0 aromatic heterocycles. The average molecular weight is 301 g/mol. The van der Waals surface area contributed by atoms with Crippen LogP contribution in [0, 0.1) is 10.1 Å². The van der Waals surface area contributed by atoms with E-state index in [0.29, 0.717) is 0 Å². The minimum atomic E-state index is -0.645. The van der Waals surface area contributed by atoms with Gasteiger partial charge in [-0.2, -0.15) is 0 Å². The first-order valence-electron chi connectivity index (χ1n) is 5.71. The summed E-state index contributed by atoms with van der Waals surface area (Å²) in [6.45, 7) is 1.62. The maximum atomic E-state index is 12.0. The molecular weight excluding hydrogens is 288 g/mol. The lowest BCUT2D eigenvalue weighted by Gasteiger charge is -2.16. The Bertz CT molecular complexity index is 547. The number of ether oxygens (including phenoxy) is 1. The summed E-state index contributed by atoms with van der Waals surface area (Å²) >= 11 is 5.73. The fourth-order valence-electron chi connectivity index (χ4n) is 1.50. The van der Waals surface area contributed by atoms with Gasteiger partial charge in [-0.1, -0.05) is 11.6 Å². The number of esters is 1. The number of likely N-dealkylation sites (N-methyl/N-ethyl adjacent to an activating group) is 1. The molecule has 0 heterocycles. The monoisotopic (exact) mass is 300 g/mol. The third-order valence-electron chi connectivity index (χ3n) is 2.36. The van der Waals surface area contributed by atoms with Crippen LogP contribution in [-0.2, 0) is 9.53 Å². The molecule has 0 atom stereocenters. The van der Waals surface area contributed by atoms with Crippen molar-refractivity contribution >= 4 is 29.2 Å². The highest BCUT2D eigenvalue weighted by atomic mass is 35.5. The zero-order chi connectivity index (χ0) is 15.3. The van der Waals surface area contributed by atoms with E-state index in [2.05, 4.69) is 0 Å². The third-order valence-corrected chi connectivity index (χ3v) is 2.58. The van der Waals surface area contributed by atoms with E-state index < -0.39 is 16.8 Å². The maximum Gasteiger partial charge on any atom is 0.325 e. The number of nitro groups is 1. The quantitative estimate of drug-likeness (QED) is 0.470. The minimum absolute atomic E-state index is 0.0380. The highest BCUT2D eigenvalue weighted by Crippen LogP contribution is 2.21. The first-order chi connectivity index (χ1) is 9.35. The van der Waals surface area contributed by atoms with Gasteiger partial charge in [0.15, 0.2) is 0 Å². The molecule has 20 heavy (non-hydrogen) atoms. The number of hydrogen-bond acceptors (Lipinski definition) is 5. The van der Waals surface area contributed by atoms with Crippen molar-refractivity contribution in [1.82, 2.24) is 4.90 Å². The molecule has 0 saturated heterocycles. The fourth-order valence-corrected chi connectivity index (χ4v) is 1.72. The molecule has 0 aliphatic rings. The number of halogens is 1. The van der Waals surface area contributed by atoms with E-state index in [-0.39, 0.29) is 29.4 Å². The minimum Gasteiger partial charge on any atom is -0.465 e. The molecule has 0 aliphatic carbocycles. The third kappa shape index (κ3) is 4.20. The van der Waals surface area contributed by atoms with Crippen LogP contribution in [0.25, 0.3) is 0 Å². The molecule has 0 aliphatic heterocycles. The molecule has 1 aromatic carbocycles. The molecule has 1 rings (SSSR count). The summed E-state index contributed by atoms with van der Waals surface area (Å²) in [6.07, 6.45) is 0. The second kappa shape index (κ2) is 6.85. The van der Waals surface area contributed by atoms with E-state index in [4.69, 9.17) is 16.3 Å². The number of nitro benzene ring substituents is 1. The molecule has 0 N–H and O–H groups in total. The largest absolute Gasteiger partial charge is 0.465 e. The van der Waals surface area contributed by atoms with Gasteiger partial charge in [0.1, 0.15) is 6.54 Å². The fraction of sp³-hybridized carbons (Fsp3) is 0.333. The van der Waals surface area contributed by atoms with Gasteiger partial charge in [-0.05, 0) is 13.0 Å². The van der Waals surface area contributed by atoms with Gasteiger partial charge in [0.05, 0.1) is 11.5 Å². The van der Waals surface area contributed by atoms with Crippen molar-refractivity contribution in [2.45, 2.75) is 6.92 Å². The Hall–Kier alpha value is -2.15. The van der Waals surface area contributed by atoms with Crippen molar-refractivity contribution in [3.63, 3.8) is 0 Å². The van der Waals surface area contributed by atoms with E-state index in [9.17, 15) is 19.7 Å². The molecule has 8 heteroatoms. The van der Waals surface area contributed by atoms with Crippen molar-refractivity contribution in [3.8, 4) is 0 Å². The number of hydrogen-bond donors (Lipinski definition) is 0. The van der Waals surface area contributed by atoms with Crippen LogP contribution in [0.1, 0.15) is 17.3 Å². The Morgan fingerprint density at radius 2 is 2.05 bits per heavy atom. The Labute approximate surface area is 120 Å². The van der Waals surface area contributed by atoms with E-state index in [1.807, 2.05) is 0 Å². The van der Waals surface area contributed by atoms with Gasteiger partial charge in [-0.25, -0.2) is 0 Å². The topological polar surface area (TPSA) is 89.8 Å². The number of benzene rings is 1. The SMILES string of the molecule is CCOC(=O)CN(C)C(=O)c1cc(Cl)cc([N+](=O)[O-])c1. The summed E-state index contributed by atoms with van der Waals surface area (Å²) in [5, 5.41) is 10.8. The van der Waals surface area contributed by atoms with Gasteiger partial charge >= 0.3 is 5.97 Å². The van der Waals surface area contributed by atoms with Crippen molar-refractivity contribution in [3.05, 3.63) is 38.9 Å². The molecule has 0 radical (unpaired) electrons. The lowest BCUT2D eigenvalue weighted by molar-refractivity contribution is -0.384. The number of carbonyl (C=O) groups is 2. The molecule has 1 amide bonds. The van der Waals surface area contributed by atoms with Crippen LogP contribution >= 0.6 is 11.6 Å². The number of carbonyl (C=O) groups excluding carboxylic acids is 2. The first kappa shape index (κ1) is 15.9. The molecule has 0 unspecified atom stereocenters. The van der Waals surface area contributed by atoms with Crippen LogP contribution in [0.5, 0.6) is 0 Å². The summed E-state index contributed by atoms with van der Waals surface area (Å²) in [4.78, 5) is 34.5. The maximum absolute atomic E-state index is 12.0. The van der Waals surface area contributed by atoms with Gasteiger partial charge < -0.3 is 9.64 Å². The van der Waals surface area contributed by atoms with Crippen LogP contribution in [0.4, 0.5) is 5.69 Å². The Balaban J connectivity index is 2.91. The molecule has 7 nitrogen and oxygen atoms in total. The van der Waals surface area contributed by atoms with Gasteiger partial charge in [-0.3, -0.25) is 19.7 Å². The molecule has 0 saturated carbocycles. The predicted molar refractivity (Wildman–Crippen MR) is 71.7 cm³/mol. The summed E-state index contributed by atoms with van der Waals surface area (Å²) in [5.74, 6) is -1.11. The highest BCUT2D eigenvalue weighted by molar-refractivity contribution is 6.31. The Morgan fingerprint density at radius 1 is 1.40 bits per heavy atom. The normalized spacial score (nSPS) is 9.95. The second-order valence-electron chi connectivity index (χ2n) is 3.92. The molecule has 0 fully saturated rings. The lowest BCUT2D eigenvalue weighted by Crippen LogP contribution is -2.33. The number of rotatable bonds is 5. The van der Waals surface area contributed by atoms with Crippen LogP contribution in [0.15, 0.2) is 18.2 Å². The standard InChI is InChI=1S/C12H13ClN2O5/c1-3-20-11(16)7-14(2)12(17)8-4-9(13)6-10(5-8)15(18)19/h4-6H,3,7H2,1-2H3. The second-order valence-corrected chi connectivity index (χ2v) is 4.36. The van der Waals surface area contributed by atoms with Gasteiger partial charge in [0.2, 0.25) is 0 Å². The van der Waals surface area contributed by atoms with E-state index in [0.717, 1.165) is 17.0 Å². The number of nitrogens with zero attached hydrogens (tertiary/aromatic N) is 2. The highest BCUT2D eigenvalue weighted by Gasteiger charge is 2.19. The van der Waals surface area contributed by atoms with Gasteiger partial charge in [0, 0.05) is 29.8 Å². The smallest absolute Gasteiger partial charge is 0.325 e.